The SMILES string of the molecule is CC(NC1CC(C)N(C)C1)c1ccccc1. The van der Waals surface area contributed by atoms with Crippen molar-refractivity contribution in [1.82, 2.24) is 10.2 Å². The van der Waals surface area contributed by atoms with Gasteiger partial charge in [0, 0.05) is 24.7 Å². The fourth-order valence-corrected chi connectivity index (χ4v) is 2.51. The summed E-state index contributed by atoms with van der Waals surface area (Å²) >= 11 is 0. The van der Waals surface area contributed by atoms with E-state index in [4.69, 9.17) is 0 Å². The Kier molecular flexibility index (Phi) is 3.62. The maximum Gasteiger partial charge on any atom is 0.0294 e. The highest BCUT2D eigenvalue weighted by atomic mass is 15.2. The molecular formula is C14H22N2. The van der Waals surface area contributed by atoms with Crippen molar-refractivity contribution >= 4 is 0 Å². The van der Waals surface area contributed by atoms with Gasteiger partial charge in [0.05, 0.1) is 0 Å². The van der Waals surface area contributed by atoms with Gasteiger partial charge in [-0.05, 0) is 32.9 Å². The number of hydrogen-bond acceptors (Lipinski definition) is 2. The van der Waals surface area contributed by atoms with Gasteiger partial charge < -0.3 is 10.2 Å². The summed E-state index contributed by atoms with van der Waals surface area (Å²) in [4.78, 5) is 2.43. The Hall–Kier alpha value is -0.860. The monoisotopic (exact) mass is 218 g/mol. The highest BCUT2D eigenvalue weighted by Gasteiger charge is 2.26. The molecule has 1 N–H and O–H groups in total. The highest BCUT2D eigenvalue weighted by molar-refractivity contribution is 5.18. The lowest BCUT2D eigenvalue weighted by atomic mass is 10.1. The molecule has 0 saturated carbocycles. The van der Waals surface area contributed by atoms with E-state index >= 15 is 0 Å². The highest BCUT2D eigenvalue weighted by Crippen LogP contribution is 2.19. The molecule has 0 radical (unpaired) electrons. The number of nitrogens with zero attached hydrogens (tertiary/aromatic N) is 1. The van der Waals surface area contributed by atoms with E-state index in [1.807, 2.05) is 0 Å². The topological polar surface area (TPSA) is 15.3 Å². The third-order valence-corrected chi connectivity index (χ3v) is 3.67. The number of rotatable bonds is 3. The zero-order valence-electron chi connectivity index (χ0n) is 10.5. The number of benzene rings is 1. The molecule has 1 heterocycles. The first-order valence-electron chi connectivity index (χ1n) is 6.18. The molecule has 16 heavy (non-hydrogen) atoms. The molecule has 1 saturated heterocycles. The molecule has 0 aromatic heterocycles. The van der Waals surface area contributed by atoms with Gasteiger partial charge in [0.2, 0.25) is 0 Å². The summed E-state index contributed by atoms with van der Waals surface area (Å²) < 4.78 is 0. The Bertz CT molecular complexity index is 313. The molecule has 0 aliphatic carbocycles. The first-order chi connectivity index (χ1) is 7.66. The molecule has 3 atom stereocenters. The van der Waals surface area contributed by atoms with Gasteiger partial charge in [0.1, 0.15) is 0 Å². The summed E-state index contributed by atoms with van der Waals surface area (Å²) in [7, 11) is 2.21. The van der Waals surface area contributed by atoms with E-state index < -0.39 is 0 Å². The summed E-state index contributed by atoms with van der Waals surface area (Å²) in [5.41, 5.74) is 1.38. The number of hydrogen-bond donors (Lipinski definition) is 1. The molecule has 88 valence electrons. The smallest absolute Gasteiger partial charge is 0.0294 e. The van der Waals surface area contributed by atoms with Crippen LogP contribution in [-0.2, 0) is 0 Å². The van der Waals surface area contributed by atoms with Gasteiger partial charge in [-0.1, -0.05) is 30.3 Å². The van der Waals surface area contributed by atoms with Gasteiger partial charge in [0.25, 0.3) is 0 Å². The maximum absolute atomic E-state index is 3.71. The predicted molar refractivity (Wildman–Crippen MR) is 68.5 cm³/mol. The van der Waals surface area contributed by atoms with Crippen LogP contribution in [0.2, 0.25) is 0 Å². The molecule has 0 amide bonds. The van der Waals surface area contributed by atoms with Gasteiger partial charge in [0.15, 0.2) is 0 Å². The first kappa shape index (κ1) is 11.6. The van der Waals surface area contributed by atoms with E-state index in [0.717, 1.165) is 0 Å². The summed E-state index contributed by atoms with van der Waals surface area (Å²) in [5, 5.41) is 3.71. The van der Waals surface area contributed by atoms with E-state index in [-0.39, 0.29) is 0 Å². The second-order valence-electron chi connectivity index (χ2n) is 5.02. The standard InChI is InChI=1S/C14H22N2/c1-11-9-14(10-16(11)3)15-12(2)13-7-5-4-6-8-13/h4-8,11-12,14-15H,9-10H2,1-3H3. The van der Waals surface area contributed by atoms with E-state index in [2.05, 4.69) is 61.4 Å². The molecule has 1 aliphatic rings. The van der Waals surface area contributed by atoms with Gasteiger partial charge >= 0.3 is 0 Å². The normalized spacial score (nSPS) is 28.2. The lowest BCUT2D eigenvalue weighted by Crippen LogP contribution is -2.33. The zero-order valence-corrected chi connectivity index (χ0v) is 10.5. The Balaban J connectivity index is 1.91. The second-order valence-corrected chi connectivity index (χ2v) is 5.02. The average molecular weight is 218 g/mol. The second kappa shape index (κ2) is 4.98. The molecule has 3 unspecified atom stereocenters. The number of likely N-dealkylation sites (tertiary alicyclic amines) is 1. The molecule has 1 aromatic carbocycles. The van der Waals surface area contributed by atoms with Crippen LogP contribution in [0, 0.1) is 0 Å². The summed E-state index contributed by atoms with van der Waals surface area (Å²) in [6.07, 6.45) is 1.26. The van der Waals surface area contributed by atoms with Crippen LogP contribution >= 0.6 is 0 Å². The van der Waals surface area contributed by atoms with E-state index in [9.17, 15) is 0 Å². The first-order valence-corrected chi connectivity index (χ1v) is 6.18. The van der Waals surface area contributed by atoms with E-state index in [1.165, 1.54) is 18.5 Å². The van der Waals surface area contributed by atoms with E-state index in [0.29, 0.717) is 18.1 Å². The average Bonchev–Trinajstić information content (AvgIpc) is 2.59. The molecule has 2 rings (SSSR count). The van der Waals surface area contributed by atoms with Crippen molar-refractivity contribution < 1.29 is 0 Å². The van der Waals surface area contributed by atoms with Crippen molar-refractivity contribution in [2.45, 2.75) is 38.4 Å². The molecule has 0 bridgehead atoms. The molecule has 2 heteroatoms. The fraction of sp³-hybridized carbons (Fsp3) is 0.571. The van der Waals surface area contributed by atoms with E-state index in [1.54, 1.807) is 0 Å². The Morgan fingerprint density at radius 3 is 2.56 bits per heavy atom. The quantitative estimate of drug-likeness (QED) is 0.838. The van der Waals surface area contributed by atoms with Crippen molar-refractivity contribution in [3.63, 3.8) is 0 Å². The summed E-state index contributed by atoms with van der Waals surface area (Å²) in [5.74, 6) is 0. The van der Waals surface area contributed by atoms with Crippen molar-refractivity contribution in [3.8, 4) is 0 Å². The third-order valence-electron chi connectivity index (χ3n) is 3.67. The molecule has 1 fully saturated rings. The molecule has 0 spiro atoms. The molecule has 1 aliphatic heterocycles. The van der Waals surface area contributed by atoms with Crippen molar-refractivity contribution in [2.75, 3.05) is 13.6 Å². The van der Waals surface area contributed by atoms with Gasteiger partial charge in [-0.15, -0.1) is 0 Å². The maximum atomic E-state index is 3.71. The van der Waals surface area contributed by atoms with Crippen LogP contribution in [0.3, 0.4) is 0 Å². The number of nitrogens with one attached hydrogen (secondary N) is 1. The lowest BCUT2D eigenvalue weighted by molar-refractivity contribution is 0.325. The van der Waals surface area contributed by atoms with Gasteiger partial charge in [-0.3, -0.25) is 0 Å². The molecule has 1 aromatic rings. The zero-order chi connectivity index (χ0) is 11.5. The van der Waals surface area contributed by atoms with Crippen molar-refractivity contribution in [3.05, 3.63) is 35.9 Å². The van der Waals surface area contributed by atoms with Crippen LogP contribution in [0.1, 0.15) is 31.9 Å². The minimum atomic E-state index is 0.449. The Morgan fingerprint density at radius 2 is 2.00 bits per heavy atom. The third kappa shape index (κ3) is 2.63. The van der Waals surface area contributed by atoms with Crippen LogP contribution in [0.15, 0.2) is 30.3 Å². The minimum Gasteiger partial charge on any atom is -0.306 e. The summed E-state index contributed by atoms with van der Waals surface area (Å²) in [6, 6.07) is 12.5. The molecule has 2 nitrogen and oxygen atoms in total. The Morgan fingerprint density at radius 1 is 1.31 bits per heavy atom. The van der Waals surface area contributed by atoms with Gasteiger partial charge in [-0.25, -0.2) is 0 Å². The van der Waals surface area contributed by atoms with Crippen LogP contribution in [0.4, 0.5) is 0 Å². The van der Waals surface area contributed by atoms with Crippen molar-refractivity contribution in [1.29, 1.82) is 0 Å². The largest absolute Gasteiger partial charge is 0.306 e. The Labute approximate surface area is 98.7 Å². The van der Waals surface area contributed by atoms with Crippen LogP contribution in [0.5, 0.6) is 0 Å². The minimum absolute atomic E-state index is 0.449. The van der Waals surface area contributed by atoms with Crippen LogP contribution in [0.25, 0.3) is 0 Å². The van der Waals surface area contributed by atoms with Crippen LogP contribution < -0.4 is 5.32 Å². The predicted octanol–water partition coefficient (Wildman–Crippen LogP) is 2.43. The summed E-state index contributed by atoms with van der Waals surface area (Å²) in [6.45, 7) is 5.71. The van der Waals surface area contributed by atoms with Crippen molar-refractivity contribution in [2.24, 2.45) is 0 Å². The van der Waals surface area contributed by atoms with Crippen LogP contribution in [-0.4, -0.2) is 30.6 Å². The number of likely N-dealkylation sites (N-methyl/N-ethyl adjacent to an activating group) is 1. The van der Waals surface area contributed by atoms with Gasteiger partial charge in [-0.2, -0.15) is 0 Å². The fourth-order valence-electron chi connectivity index (χ4n) is 2.51. The molecular weight excluding hydrogens is 196 g/mol. The lowest BCUT2D eigenvalue weighted by Gasteiger charge is -2.19.